The second-order valence-electron chi connectivity index (χ2n) is 6.20. The number of carbonyl (C=O) groups is 1. The molecule has 0 radical (unpaired) electrons. The number of hydrogen-bond donors (Lipinski definition) is 2. The molecule has 1 saturated heterocycles. The van der Waals surface area contributed by atoms with E-state index < -0.39 is 21.1 Å². The number of aromatic amines is 1. The average Bonchev–Trinajstić information content (AvgIpc) is 3.09. The first-order valence-corrected chi connectivity index (χ1v) is 9.77. The van der Waals surface area contributed by atoms with Crippen molar-refractivity contribution in [3.8, 4) is 22.8 Å². The van der Waals surface area contributed by atoms with Crippen molar-refractivity contribution >= 4 is 15.8 Å². The van der Waals surface area contributed by atoms with Gasteiger partial charge in [-0.25, -0.2) is 18.3 Å². The SMILES string of the molecule is CN1CCC(S(=O)(=O)C#Cc2cccc(Oc3[nH]nnc3C(=O)O)c2)CC1. The van der Waals surface area contributed by atoms with Crippen LogP contribution in [0.2, 0.25) is 0 Å². The molecular weight excluding hydrogens is 372 g/mol. The van der Waals surface area contributed by atoms with Gasteiger partial charge < -0.3 is 14.7 Å². The number of ether oxygens (including phenoxy) is 1. The number of H-pyrrole nitrogens is 1. The van der Waals surface area contributed by atoms with Crippen LogP contribution in [0.15, 0.2) is 24.3 Å². The predicted octanol–water partition coefficient (Wildman–Crippen LogP) is 1.11. The third kappa shape index (κ3) is 4.64. The van der Waals surface area contributed by atoms with E-state index in [-0.39, 0.29) is 17.3 Å². The Labute approximate surface area is 156 Å². The number of likely N-dealkylation sites (tertiary alicyclic amines) is 1. The van der Waals surface area contributed by atoms with Gasteiger partial charge in [-0.3, -0.25) is 0 Å². The second-order valence-corrected chi connectivity index (χ2v) is 8.16. The highest BCUT2D eigenvalue weighted by Gasteiger charge is 2.27. The van der Waals surface area contributed by atoms with Crippen molar-refractivity contribution in [2.45, 2.75) is 18.1 Å². The Morgan fingerprint density at radius 1 is 1.37 bits per heavy atom. The first-order valence-electron chi connectivity index (χ1n) is 8.22. The van der Waals surface area contributed by atoms with Crippen LogP contribution in [0.25, 0.3) is 0 Å². The summed E-state index contributed by atoms with van der Waals surface area (Å²) in [6.07, 6.45) is 1.14. The Morgan fingerprint density at radius 3 is 2.81 bits per heavy atom. The van der Waals surface area contributed by atoms with E-state index in [1.165, 1.54) is 6.07 Å². The minimum absolute atomic E-state index is 0.119. The third-order valence-electron chi connectivity index (χ3n) is 4.22. The molecule has 2 aromatic rings. The van der Waals surface area contributed by atoms with E-state index in [0.29, 0.717) is 18.4 Å². The molecule has 1 aromatic heterocycles. The molecule has 0 atom stereocenters. The van der Waals surface area contributed by atoms with Gasteiger partial charge in [-0.2, -0.15) is 0 Å². The van der Waals surface area contributed by atoms with Crippen molar-refractivity contribution in [3.05, 3.63) is 35.5 Å². The van der Waals surface area contributed by atoms with E-state index in [2.05, 4.69) is 31.5 Å². The minimum Gasteiger partial charge on any atom is -0.476 e. The van der Waals surface area contributed by atoms with E-state index in [0.717, 1.165) is 13.1 Å². The summed E-state index contributed by atoms with van der Waals surface area (Å²) >= 11 is 0. The summed E-state index contributed by atoms with van der Waals surface area (Å²) in [6.45, 7) is 1.47. The molecule has 2 heterocycles. The molecule has 0 unspecified atom stereocenters. The van der Waals surface area contributed by atoms with Crippen LogP contribution in [0.4, 0.5) is 0 Å². The van der Waals surface area contributed by atoms with Gasteiger partial charge in [-0.05, 0) is 57.1 Å². The van der Waals surface area contributed by atoms with Crippen LogP contribution in [0.5, 0.6) is 11.6 Å². The van der Waals surface area contributed by atoms with Crippen LogP contribution in [-0.4, -0.2) is 65.2 Å². The van der Waals surface area contributed by atoms with E-state index in [1.807, 2.05) is 7.05 Å². The zero-order valence-electron chi connectivity index (χ0n) is 14.5. The highest BCUT2D eigenvalue weighted by Crippen LogP contribution is 2.22. The number of sulfone groups is 1. The molecule has 10 heteroatoms. The Balaban J connectivity index is 1.76. The smallest absolute Gasteiger partial charge is 0.362 e. The molecule has 9 nitrogen and oxygen atoms in total. The second kappa shape index (κ2) is 7.77. The van der Waals surface area contributed by atoms with Crippen molar-refractivity contribution in [2.75, 3.05) is 20.1 Å². The normalized spacial score (nSPS) is 15.7. The molecule has 3 rings (SSSR count). The fourth-order valence-corrected chi connectivity index (χ4v) is 3.95. The lowest BCUT2D eigenvalue weighted by Crippen LogP contribution is -2.36. The summed E-state index contributed by atoms with van der Waals surface area (Å²) in [5, 5.41) is 20.1. The van der Waals surface area contributed by atoms with Gasteiger partial charge in [0.25, 0.3) is 5.88 Å². The number of nitrogens with one attached hydrogen (secondary N) is 1. The van der Waals surface area contributed by atoms with Crippen molar-refractivity contribution in [1.29, 1.82) is 0 Å². The van der Waals surface area contributed by atoms with E-state index in [9.17, 15) is 13.2 Å². The molecule has 1 aromatic carbocycles. The van der Waals surface area contributed by atoms with Crippen molar-refractivity contribution < 1.29 is 23.1 Å². The van der Waals surface area contributed by atoms with Crippen LogP contribution in [0.1, 0.15) is 28.9 Å². The summed E-state index contributed by atoms with van der Waals surface area (Å²) < 4.78 is 30.3. The van der Waals surface area contributed by atoms with Crippen LogP contribution in [-0.2, 0) is 9.84 Å². The lowest BCUT2D eigenvalue weighted by Gasteiger charge is -2.27. The predicted molar refractivity (Wildman–Crippen MR) is 96.2 cm³/mol. The molecular formula is C17H18N4O5S. The molecule has 1 fully saturated rings. The molecule has 0 saturated carbocycles. The fraction of sp³-hybridized carbons (Fsp3) is 0.353. The Bertz CT molecular complexity index is 998. The van der Waals surface area contributed by atoms with E-state index in [4.69, 9.17) is 9.84 Å². The maximum absolute atomic E-state index is 12.4. The largest absolute Gasteiger partial charge is 0.476 e. The Morgan fingerprint density at radius 2 is 2.11 bits per heavy atom. The molecule has 142 valence electrons. The lowest BCUT2D eigenvalue weighted by atomic mass is 10.1. The van der Waals surface area contributed by atoms with Crippen LogP contribution in [0, 0.1) is 11.2 Å². The van der Waals surface area contributed by atoms with Crippen molar-refractivity contribution in [3.63, 3.8) is 0 Å². The number of nitrogens with zero attached hydrogens (tertiary/aromatic N) is 3. The number of carboxylic acid groups (broad SMARTS) is 1. The number of hydrogen-bond acceptors (Lipinski definition) is 7. The molecule has 1 aliphatic rings. The summed E-state index contributed by atoms with van der Waals surface area (Å²) in [5.74, 6) is 1.55. The van der Waals surface area contributed by atoms with Crippen LogP contribution >= 0.6 is 0 Å². The highest BCUT2D eigenvalue weighted by atomic mass is 32.2. The van der Waals surface area contributed by atoms with Crippen molar-refractivity contribution in [2.24, 2.45) is 0 Å². The zero-order chi connectivity index (χ0) is 19.4. The third-order valence-corrected chi connectivity index (χ3v) is 5.95. The molecule has 2 N–H and O–H groups in total. The molecule has 1 aliphatic heterocycles. The first-order chi connectivity index (χ1) is 12.8. The summed E-state index contributed by atoms with van der Waals surface area (Å²) in [4.78, 5) is 13.1. The van der Waals surface area contributed by atoms with Crippen LogP contribution < -0.4 is 4.74 Å². The van der Waals surface area contributed by atoms with Gasteiger partial charge in [0.2, 0.25) is 15.5 Å². The minimum atomic E-state index is -3.52. The quantitative estimate of drug-likeness (QED) is 0.744. The van der Waals surface area contributed by atoms with Gasteiger partial charge in [0.05, 0.1) is 5.25 Å². The molecule has 0 aliphatic carbocycles. The number of carboxylic acids is 1. The Kier molecular flexibility index (Phi) is 5.43. The van der Waals surface area contributed by atoms with E-state index >= 15 is 0 Å². The molecule has 0 amide bonds. The van der Waals surface area contributed by atoms with Gasteiger partial charge in [-0.1, -0.05) is 11.3 Å². The monoisotopic (exact) mass is 390 g/mol. The fourth-order valence-electron chi connectivity index (χ4n) is 2.69. The van der Waals surface area contributed by atoms with Gasteiger partial charge in [0, 0.05) is 10.8 Å². The number of aromatic nitrogens is 3. The number of piperidine rings is 1. The lowest BCUT2D eigenvalue weighted by molar-refractivity contribution is 0.0687. The topological polar surface area (TPSA) is 125 Å². The van der Waals surface area contributed by atoms with E-state index in [1.54, 1.807) is 18.2 Å². The molecule has 27 heavy (non-hydrogen) atoms. The summed E-state index contributed by atoms with van der Waals surface area (Å²) in [7, 11) is -1.55. The zero-order valence-corrected chi connectivity index (χ0v) is 15.4. The van der Waals surface area contributed by atoms with Gasteiger partial charge >= 0.3 is 5.97 Å². The number of aromatic carboxylic acids is 1. The summed E-state index contributed by atoms with van der Waals surface area (Å²) in [6, 6.07) is 6.38. The molecule has 0 bridgehead atoms. The van der Waals surface area contributed by atoms with Crippen molar-refractivity contribution in [1.82, 2.24) is 20.3 Å². The van der Waals surface area contributed by atoms with Gasteiger partial charge in [0.15, 0.2) is 0 Å². The average molecular weight is 390 g/mol. The van der Waals surface area contributed by atoms with Gasteiger partial charge in [-0.15, -0.1) is 5.10 Å². The van der Waals surface area contributed by atoms with Crippen LogP contribution in [0.3, 0.4) is 0 Å². The maximum atomic E-state index is 12.4. The Hall–Kier alpha value is -2.90. The maximum Gasteiger partial charge on any atom is 0.362 e. The summed E-state index contributed by atoms with van der Waals surface area (Å²) in [5.41, 5.74) is 0.0877. The standard InChI is InChI=1S/C17H18N4O5S/c1-21-8-5-14(6-9-21)27(24,25)10-7-12-3-2-4-13(11-12)26-16-15(17(22)23)18-20-19-16/h2-4,11,14H,5-6,8-9H2,1H3,(H,22,23)(H,18,19,20). The molecule has 0 spiro atoms. The number of rotatable bonds is 4. The highest BCUT2D eigenvalue weighted by molar-refractivity contribution is 7.96. The van der Waals surface area contributed by atoms with Gasteiger partial charge in [0.1, 0.15) is 5.75 Å². The number of benzene rings is 1. The first kappa shape index (κ1) is 18.9.